The van der Waals surface area contributed by atoms with Crippen LogP contribution in [0.3, 0.4) is 0 Å². The average Bonchev–Trinajstić information content (AvgIpc) is 3.26. The van der Waals surface area contributed by atoms with Crippen molar-refractivity contribution in [2.45, 2.75) is 13.8 Å². The molecule has 2 heterocycles. The van der Waals surface area contributed by atoms with Crippen LogP contribution in [-0.2, 0) is 0 Å². The zero-order valence-corrected chi connectivity index (χ0v) is 17.9. The van der Waals surface area contributed by atoms with Gasteiger partial charge in [-0.05, 0) is 55.3 Å². The fourth-order valence-corrected chi connectivity index (χ4v) is 3.79. The Morgan fingerprint density at radius 2 is 1.59 bits per heavy atom. The van der Waals surface area contributed by atoms with Crippen molar-refractivity contribution in [3.8, 4) is 22.5 Å². The number of carbonyl (C=O) groups is 1. The van der Waals surface area contributed by atoms with Gasteiger partial charge in [-0.1, -0.05) is 60.2 Å². The van der Waals surface area contributed by atoms with Crippen molar-refractivity contribution in [2.75, 3.05) is 5.32 Å². The van der Waals surface area contributed by atoms with Crippen LogP contribution in [0.1, 0.15) is 21.5 Å². The number of nitrogens with zero attached hydrogens (tertiary/aromatic N) is 3. The van der Waals surface area contributed by atoms with Crippen molar-refractivity contribution in [3.05, 3.63) is 108 Å². The highest BCUT2D eigenvalue weighted by Gasteiger charge is 2.15. The zero-order chi connectivity index (χ0) is 22.1. The molecule has 0 aliphatic heterocycles. The largest absolute Gasteiger partial charge is 0.322 e. The first-order chi connectivity index (χ1) is 15.6. The number of amides is 1. The van der Waals surface area contributed by atoms with Gasteiger partial charge in [0.15, 0.2) is 11.5 Å². The highest BCUT2D eigenvalue weighted by Crippen LogP contribution is 2.28. The molecule has 5 nitrogen and oxygen atoms in total. The summed E-state index contributed by atoms with van der Waals surface area (Å²) in [5.74, 6) is 0.651. The molecule has 0 fully saturated rings. The van der Waals surface area contributed by atoms with Gasteiger partial charge in [0.05, 0.1) is 0 Å². The number of rotatable bonds is 4. The standard InChI is InChI=1S/C27H22N4O/c1-18-10-14-22(15-11-18)28-27(32)24-17-21(13-12-19(24)2)23-9-6-16-31-25(29-30-26(23)31)20-7-4-3-5-8-20/h3-17H,1-2H3,(H,28,32). The summed E-state index contributed by atoms with van der Waals surface area (Å²) in [5, 5.41) is 11.9. The Kier molecular flexibility index (Phi) is 5.00. The summed E-state index contributed by atoms with van der Waals surface area (Å²) in [7, 11) is 0. The molecule has 0 aliphatic carbocycles. The van der Waals surface area contributed by atoms with E-state index in [4.69, 9.17) is 0 Å². The van der Waals surface area contributed by atoms with Crippen LogP contribution >= 0.6 is 0 Å². The maximum atomic E-state index is 13.0. The van der Waals surface area contributed by atoms with Crippen molar-refractivity contribution in [3.63, 3.8) is 0 Å². The van der Waals surface area contributed by atoms with Gasteiger partial charge in [0, 0.05) is 28.6 Å². The number of nitrogens with one attached hydrogen (secondary N) is 1. The Balaban J connectivity index is 1.54. The van der Waals surface area contributed by atoms with E-state index < -0.39 is 0 Å². The van der Waals surface area contributed by atoms with Crippen molar-refractivity contribution in [2.24, 2.45) is 0 Å². The van der Waals surface area contributed by atoms with Crippen LogP contribution in [0.5, 0.6) is 0 Å². The number of aryl methyl sites for hydroxylation is 2. The van der Waals surface area contributed by atoms with Crippen molar-refractivity contribution >= 4 is 17.2 Å². The lowest BCUT2D eigenvalue weighted by Crippen LogP contribution is -2.13. The van der Waals surface area contributed by atoms with Gasteiger partial charge < -0.3 is 5.32 Å². The van der Waals surface area contributed by atoms with Crippen LogP contribution in [0.4, 0.5) is 5.69 Å². The number of carbonyl (C=O) groups excluding carboxylic acids is 1. The summed E-state index contributed by atoms with van der Waals surface area (Å²) >= 11 is 0. The molecule has 0 atom stereocenters. The zero-order valence-electron chi connectivity index (χ0n) is 17.9. The second-order valence-electron chi connectivity index (χ2n) is 7.85. The van der Waals surface area contributed by atoms with Gasteiger partial charge in [-0.3, -0.25) is 9.20 Å². The molecule has 0 spiro atoms. The molecular weight excluding hydrogens is 396 g/mol. The van der Waals surface area contributed by atoms with Gasteiger partial charge in [0.2, 0.25) is 0 Å². The first-order valence-electron chi connectivity index (χ1n) is 10.5. The maximum absolute atomic E-state index is 13.0. The molecule has 3 aromatic carbocycles. The molecule has 0 saturated heterocycles. The molecule has 1 amide bonds. The lowest BCUT2D eigenvalue weighted by Gasteiger charge is -2.11. The monoisotopic (exact) mass is 418 g/mol. The van der Waals surface area contributed by atoms with E-state index in [1.54, 1.807) is 0 Å². The fraction of sp³-hybridized carbons (Fsp3) is 0.0741. The minimum Gasteiger partial charge on any atom is -0.322 e. The van der Waals surface area contributed by atoms with E-state index in [9.17, 15) is 4.79 Å². The number of fused-ring (bicyclic) bond motifs is 1. The summed E-state index contributed by atoms with van der Waals surface area (Å²) in [6, 6.07) is 27.7. The molecule has 0 bridgehead atoms. The van der Waals surface area contributed by atoms with Crippen LogP contribution in [0, 0.1) is 13.8 Å². The number of hydrogen-bond acceptors (Lipinski definition) is 3. The molecule has 2 aromatic heterocycles. The quantitative estimate of drug-likeness (QED) is 0.393. The number of aromatic nitrogens is 3. The van der Waals surface area contributed by atoms with E-state index in [1.165, 1.54) is 0 Å². The normalized spacial score (nSPS) is 10.9. The average molecular weight is 419 g/mol. The molecule has 0 aliphatic rings. The van der Waals surface area contributed by atoms with Crippen molar-refractivity contribution in [1.82, 2.24) is 14.6 Å². The predicted molar refractivity (Wildman–Crippen MR) is 128 cm³/mol. The topological polar surface area (TPSA) is 59.3 Å². The Morgan fingerprint density at radius 3 is 2.38 bits per heavy atom. The van der Waals surface area contributed by atoms with E-state index in [-0.39, 0.29) is 5.91 Å². The third-order valence-electron chi connectivity index (χ3n) is 5.57. The van der Waals surface area contributed by atoms with Crippen LogP contribution in [0.2, 0.25) is 0 Å². The fourth-order valence-electron chi connectivity index (χ4n) is 3.79. The molecule has 1 N–H and O–H groups in total. The SMILES string of the molecule is Cc1ccc(NC(=O)c2cc(-c3cccn4c(-c5ccccc5)nnc34)ccc2C)cc1. The van der Waals surface area contributed by atoms with Gasteiger partial charge in [-0.15, -0.1) is 10.2 Å². The minimum absolute atomic E-state index is 0.133. The highest BCUT2D eigenvalue weighted by molar-refractivity contribution is 6.06. The van der Waals surface area contributed by atoms with Gasteiger partial charge >= 0.3 is 0 Å². The Morgan fingerprint density at radius 1 is 0.812 bits per heavy atom. The molecule has 32 heavy (non-hydrogen) atoms. The van der Waals surface area contributed by atoms with Crippen LogP contribution < -0.4 is 5.32 Å². The second-order valence-corrected chi connectivity index (χ2v) is 7.85. The second kappa shape index (κ2) is 8.12. The molecule has 5 aromatic rings. The third-order valence-corrected chi connectivity index (χ3v) is 5.57. The molecule has 0 unspecified atom stereocenters. The number of pyridine rings is 1. The van der Waals surface area contributed by atoms with Gasteiger partial charge in [-0.2, -0.15) is 0 Å². The molecular formula is C27H22N4O. The first-order valence-corrected chi connectivity index (χ1v) is 10.5. The van der Waals surface area contributed by atoms with E-state index in [2.05, 4.69) is 15.5 Å². The summed E-state index contributed by atoms with van der Waals surface area (Å²) in [6.07, 6.45) is 1.96. The lowest BCUT2D eigenvalue weighted by molar-refractivity contribution is 0.102. The van der Waals surface area contributed by atoms with Crippen molar-refractivity contribution in [1.29, 1.82) is 0 Å². The molecule has 156 valence electrons. The van der Waals surface area contributed by atoms with E-state index in [0.717, 1.165) is 45.0 Å². The van der Waals surface area contributed by atoms with Gasteiger partial charge in [-0.25, -0.2) is 0 Å². The number of anilines is 1. The van der Waals surface area contributed by atoms with Gasteiger partial charge in [0.1, 0.15) is 0 Å². The van der Waals surface area contributed by atoms with Crippen LogP contribution in [0.25, 0.3) is 28.2 Å². The summed E-state index contributed by atoms with van der Waals surface area (Å²) in [4.78, 5) is 13.0. The Labute approximate surface area is 186 Å². The Hall–Kier alpha value is -4.25. The third kappa shape index (κ3) is 3.65. The molecule has 0 radical (unpaired) electrons. The van der Waals surface area contributed by atoms with Gasteiger partial charge in [0.25, 0.3) is 5.91 Å². The van der Waals surface area contributed by atoms with Crippen LogP contribution in [-0.4, -0.2) is 20.5 Å². The predicted octanol–water partition coefficient (Wildman–Crippen LogP) is 5.93. The van der Waals surface area contributed by atoms with Crippen molar-refractivity contribution < 1.29 is 4.79 Å². The molecule has 5 heteroatoms. The first kappa shape index (κ1) is 19.7. The summed E-state index contributed by atoms with van der Waals surface area (Å²) < 4.78 is 1.98. The van der Waals surface area contributed by atoms with E-state index >= 15 is 0 Å². The maximum Gasteiger partial charge on any atom is 0.255 e. The summed E-state index contributed by atoms with van der Waals surface area (Å²) in [5.41, 5.74) is 7.06. The number of hydrogen-bond donors (Lipinski definition) is 1. The highest BCUT2D eigenvalue weighted by atomic mass is 16.1. The minimum atomic E-state index is -0.133. The molecule has 0 saturated carbocycles. The Bertz CT molecular complexity index is 1420. The smallest absolute Gasteiger partial charge is 0.255 e. The number of benzene rings is 3. The van der Waals surface area contributed by atoms with Crippen LogP contribution in [0.15, 0.2) is 91.1 Å². The van der Waals surface area contributed by atoms with E-state index in [0.29, 0.717) is 5.56 Å². The van der Waals surface area contributed by atoms with E-state index in [1.807, 2.05) is 109 Å². The summed E-state index contributed by atoms with van der Waals surface area (Å²) in [6.45, 7) is 3.96. The molecule has 5 rings (SSSR count). The lowest BCUT2D eigenvalue weighted by atomic mass is 9.99.